The second kappa shape index (κ2) is 7.12. The van der Waals surface area contributed by atoms with E-state index in [1.165, 1.54) is 36.4 Å². The lowest BCUT2D eigenvalue weighted by molar-refractivity contribution is -0.115. The van der Waals surface area contributed by atoms with Crippen LogP contribution in [0, 0.1) is 0 Å². The minimum absolute atomic E-state index is 0.0767. The highest BCUT2D eigenvalue weighted by Gasteiger charge is 2.16. The molecule has 128 valence electrons. The molecule has 0 saturated carbocycles. The molecule has 1 amide bonds. The molecule has 24 heavy (non-hydrogen) atoms. The van der Waals surface area contributed by atoms with Crippen molar-refractivity contribution in [2.75, 3.05) is 11.1 Å². The molecule has 3 N–H and O–H groups in total. The zero-order valence-electron chi connectivity index (χ0n) is 12.5. The fraction of sp³-hybridized carbons (Fsp3) is 0.133. The first-order chi connectivity index (χ1) is 11.2. The van der Waals surface area contributed by atoms with E-state index in [1.54, 1.807) is 18.2 Å². The molecule has 0 fully saturated rings. The van der Waals surface area contributed by atoms with Gasteiger partial charge in [-0.1, -0.05) is 18.2 Å². The smallest absolute Gasteiger partial charge is 0.238 e. The monoisotopic (exact) mass is 368 g/mol. The van der Waals surface area contributed by atoms with Crippen molar-refractivity contribution in [1.82, 2.24) is 0 Å². The largest absolute Gasteiger partial charge is 0.326 e. The van der Waals surface area contributed by atoms with Crippen LogP contribution in [-0.2, 0) is 24.7 Å². The van der Waals surface area contributed by atoms with E-state index in [2.05, 4.69) is 5.32 Å². The quantitative estimate of drug-likeness (QED) is 0.791. The summed E-state index contributed by atoms with van der Waals surface area (Å²) in [5, 5.41) is 7.48. The van der Waals surface area contributed by atoms with E-state index in [9.17, 15) is 21.6 Å². The lowest BCUT2D eigenvalue weighted by Crippen LogP contribution is -2.17. The summed E-state index contributed by atoms with van der Waals surface area (Å²) in [5.41, 5.74) is 0.351. The minimum atomic E-state index is -3.80. The number of sulfone groups is 1. The average molecular weight is 368 g/mol. The average Bonchev–Trinajstić information content (AvgIpc) is 2.54. The number of hydrogen-bond acceptors (Lipinski definition) is 5. The third-order valence-electron chi connectivity index (χ3n) is 3.17. The summed E-state index contributed by atoms with van der Waals surface area (Å²) in [6, 6.07) is 13.1. The Balaban J connectivity index is 1.97. The molecule has 0 spiro atoms. The number of anilines is 1. The zero-order valence-corrected chi connectivity index (χ0v) is 14.2. The molecular weight excluding hydrogens is 352 g/mol. The van der Waals surface area contributed by atoms with E-state index < -0.39 is 25.8 Å². The number of amides is 1. The fourth-order valence-electron chi connectivity index (χ4n) is 1.92. The van der Waals surface area contributed by atoms with Gasteiger partial charge in [0.25, 0.3) is 0 Å². The van der Waals surface area contributed by atoms with Crippen molar-refractivity contribution in [3.63, 3.8) is 0 Å². The third-order valence-corrected chi connectivity index (χ3v) is 5.83. The molecule has 0 aliphatic rings. The van der Waals surface area contributed by atoms with Gasteiger partial charge in [0.15, 0.2) is 9.84 Å². The van der Waals surface area contributed by atoms with E-state index in [0.717, 1.165) is 0 Å². The molecule has 0 bridgehead atoms. The standard InChI is InChI=1S/C15H16N2O5S2/c16-24(21,22)14-8-6-12(7-9-14)17-15(18)10-11-23(19,20)13-4-2-1-3-5-13/h1-9H,10-11H2,(H,17,18)(H2,16,21,22). The van der Waals surface area contributed by atoms with Gasteiger partial charge in [0.1, 0.15) is 0 Å². The number of primary sulfonamides is 1. The van der Waals surface area contributed by atoms with E-state index >= 15 is 0 Å². The molecule has 0 radical (unpaired) electrons. The van der Waals surface area contributed by atoms with Crippen molar-refractivity contribution in [3.8, 4) is 0 Å². The second-order valence-corrected chi connectivity index (χ2v) is 8.67. The van der Waals surface area contributed by atoms with Crippen molar-refractivity contribution in [3.05, 3.63) is 54.6 Å². The minimum Gasteiger partial charge on any atom is -0.326 e. The zero-order chi connectivity index (χ0) is 17.8. The van der Waals surface area contributed by atoms with Crippen LogP contribution in [0.5, 0.6) is 0 Å². The maximum atomic E-state index is 12.1. The van der Waals surface area contributed by atoms with Crippen molar-refractivity contribution in [1.29, 1.82) is 0 Å². The summed E-state index contributed by atoms with van der Waals surface area (Å²) in [7, 11) is -7.33. The highest BCUT2D eigenvalue weighted by atomic mass is 32.2. The number of hydrogen-bond donors (Lipinski definition) is 2. The van der Waals surface area contributed by atoms with Gasteiger partial charge >= 0.3 is 0 Å². The van der Waals surface area contributed by atoms with Gasteiger partial charge in [0, 0.05) is 12.1 Å². The normalized spacial score (nSPS) is 11.9. The summed E-state index contributed by atoms with van der Waals surface area (Å²) in [4.78, 5) is 11.9. The molecule has 2 rings (SSSR count). The Bertz CT molecular complexity index is 922. The molecule has 0 aliphatic carbocycles. The Labute approximate surface area is 140 Å². The number of rotatable bonds is 6. The van der Waals surface area contributed by atoms with Gasteiger partial charge in [-0.15, -0.1) is 0 Å². The first-order valence-electron chi connectivity index (χ1n) is 6.89. The van der Waals surface area contributed by atoms with Crippen molar-refractivity contribution < 1.29 is 21.6 Å². The molecule has 7 nitrogen and oxygen atoms in total. The SMILES string of the molecule is NS(=O)(=O)c1ccc(NC(=O)CCS(=O)(=O)c2ccccc2)cc1. The molecule has 0 atom stereocenters. The van der Waals surface area contributed by atoms with E-state index in [0.29, 0.717) is 5.69 Å². The van der Waals surface area contributed by atoms with Crippen molar-refractivity contribution >= 4 is 31.5 Å². The van der Waals surface area contributed by atoms with E-state index in [1.807, 2.05) is 0 Å². The maximum Gasteiger partial charge on any atom is 0.238 e. The molecule has 0 heterocycles. The number of sulfonamides is 1. The molecule has 0 aromatic heterocycles. The van der Waals surface area contributed by atoms with Crippen LogP contribution in [0.2, 0.25) is 0 Å². The van der Waals surface area contributed by atoms with E-state index in [-0.39, 0.29) is 22.0 Å². The second-order valence-electron chi connectivity index (χ2n) is 5.00. The summed E-state index contributed by atoms with van der Waals surface area (Å²) in [6.45, 7) is 0. The Morgan fingerprint density at radius 3 is 2.00 bits per heavy atom. The van der Waals surface area contributed by atoms with Crippen molar-refractivity contribution in [2.45, 2.75) is 16.2 Å². The van der Waals surface area contributed by atoms with Crippen LogP contribution in [-0.4, -0.2) is 28.5 Å². The fourth-order valence-corrected chi connectivity index (χ4v) is 3.70. The highest BCUT2D eigenvalue weighted by molar-refractivity contribution is 7.91. The summed E-state index contributed by atoms with van der Waals surface area (Å²) in [6.07, 6.45) is -0.214. The molecule has 0 unspecified atom stereocenters. The molecule has 2 aromatic carbocycles. The van der Waals surface area contributed by atoms with Gasteiger partial charge in [0.05, 0.1) is 15.5 Å². The Kier molecular flexibility index (Phi) is 5.37. The van der Waals surface area contributed by atoms with Crippen LogP contribution in [0.3, 0.4) is 0 Å². The summed E-state index contributed by atoms with van der Waals surface area (Å²) in [5.74, 6) is -0.809. The van der Waals surface area contributed by atoms with Crippen LogP contribution >= 0.6 is 0 Å². The van der Waals surface area contributed by atoms with Crippen LogP contribution in [0.1, 0.15) is 6.42 Å². The van der Waals surface area contributed by atoms with Crippen LogP contribution in [0.4, 0.5) is 5.69 Å². The van der Waals surface area contributed by atoms with Crippen molar-refractivity contribution in [2.24, 2.45) is 5.14 Å². The van der Waals surface area contributed by atoms with Crippen LogP contribution < -0.4 is 10.5 Å². The topological polar surface area (TPSA) is 123 Å². The summed E-state index contributed by atoms with van der Waals surface area (Å²) < 4.78 is 46.4. The lowest BCUT2D eigenvalue weighted by atomic mass is 10.3. The number of nitrogens with one attached hydrogen (secondary N) is 1. The molecule has 0 saturated heterocycles. The molecule has 0 aliphatic heterocycles. The maximum absolute atomic E-state index is 12.1. The lowest BCUT2D eigenvalue weighted by Gasteiger charge is -2.07. The van der Waals surface area contributed by atoms with Gasteiger partial charge in [-0.25, -0.2) is 22.0 Å². The number of nitrogens with two attached hydrogens (primary N) is 1. The van der Waals surface area contributed by atoms with Gasteiger partial charge in [-0.3, -0.25) is 4.79 Å². The predicted molar refractivity (Wildman–Crippen MR) is 89.6 cm³/mol. The van der Waals surface area contributed by atoms with E-state index in [4.69, 9.17) is 5.14 Å². The van der Waals surface area contributed by atoms with Gasteiger partial charge < -0.3 is 5.32 Å². The number of benzene rings is 2. The predicted octanol–water partition coefficient (Wildman–Crippen LogP) is 1.14. The van der Waals surface area contributed by atoms with Crippen LogP contribution in [0.15, 0.2) is 64.4 Å². The molecule has 9 heteroatoms. The first kappa shape index (κ1) is 18.1. The molecular formula is C15H16N2O5S2. The summed E-state index contributed by atoms with van der Waals surface area (Å²) >= 11 is 0. The van der Waals surface area contributed by atoms with Crippen LogP contribution in [0.25, 0.3) is 0 Å². The number of carbonyl (C=O) groups is 1. The van der Waals surface area contributed by atoms with Gasteiger partial charge in [-0.2, -0.15) is 0 Å². The Morgan fingerprint density at radius 2 is 1.46 bits per heavy atom. The number of carbonyl (C=O) groups excluding carboxylic acids is 1. The molecule has 2 aromatic rings. The Morgan fingerprint density at radius 1 is 0.875 bits per heavy atom. The highest BCUT2D eigenvalue weighted by Crippen LogP contribution is 2.14. The van der Waals surface area contributed by atoms with Gasteiger partial charge in [-0.05, 0) is 36.4 Å². The Hall–Kier alpha value is -2.23. The third kappa shape index (κ3) is 4.88. The first-order valence-corrected chi connectivity index (χ1v) is 10.1. The van der Waals surface area contributed by atoms with Gasteiger partial charge in [0.2, 0.25) is 15.9 Å².